The number of H-pyrrole nitrogens is 1. The lowest BCUT2D eigenvalue weighted by Crippen LogP contribution is -2.36. The minimum absolute atomic E-state index is 0.762. The lowest BCUT2D eigenvalue weighted by Gasteiger charge is -2.28. The molecule has 5 nitrogen and oxygen atoms in total. The van der Waals surface area contributed by atoms with Gasteiger partial charge < -0.3 is 14.6 Å². The van der Waals surface area contributed by atoms with Crippen molar-refractivity contribution >= 4 is 16.7 Å². The molecule has 0 atom stereocenters. The largest absolute Gasteiger partial charge is 0.378 e. The highest BCUT2D eigenvalue weighted by molar-refractivity contribution is 5.89. The van der Waals surface area contributed by atoms with Crippen LogP contribution >= 0.6 is 0 Å². The van der Waals surface area contributed by atoms with E-state index in [9.17, 15) is 0 Å². The van der Waals surface area contributed by atoms with E-state index in [1.165, 1.54) is 16.5 Å². The Labute approximate surface area is 164 Å². The number of aryl methyl sites for hydroxylation is 1. The van der Waals surface area contributed by atoms with Gasteiger partial charge in [0.15, 0.2) is 0 Å². The van der Waals surface area contributed by atoms with Gasteiger partial charge in [-0.3, -0.25) is 4.98 Å². The summed E-state index contributed by atoms with van der Waals surface area (Å²) >= 11 is 0. The number of nitrogens with one attached hydrogen (secondary N) is 1. The van der Waals surface area contributed by atoms with E-state index in [1.54, 1.807) is 0 Å². The van der Waals surface area contributed by atoms with Crippen molar-refractivity contribution in [3.63, 3.8) is 0 Å². The van der Waals surface area contributed by atoms with Crippen molar-refractivity contribution in [3.8, 4) is 22.4 Å². The van der Waals surface area contributed by atoms with E-state index in [0.717, 1.165) is 54.6 Å². The topological polar surface area (TPSA) is 54.0 Å². The van der Waals surface area contributed by atoms with Gasteiger partial charge in [0.2, 0.25) is 0 Å². The minimum atomic E-state index is 0.762. The van der Waals surface area contributed by atoms with Crippen LogP contribution in [-0.2, 0) is 4.74 Å². The van der Waals surface area contributed by atoms with E-state index in [2.05, 4.69) is 62.3 Å². The van der Waals surface area contributed by atoms with Gasteiger partial charge in [0, 0.05) is 53.3 Å². The number of rotatable bonds is 3. The average Bonchev–Trinajstić information content (AvgIpc) is 3.18. The van der Waals surface area contributed by atoms with Crippen molar-refractivity contribution in [2.75, 3.05) is 31.2 Å². The number of aromatic nitrogens is 3. The maximum absolute atomic E-state index is 5.45. The molecule has 1 aliphatic rings. The predicted molar refractivity (Wildman–Crippen MR) is 113 cm³/mol. The summed E-state index contributed by atoms with van der Waals surface area (Å²) in [6, 6.07) is 17.1. The molecule has 140 valence electrons. The summed E-state index contributed by atoms with van der Waals surface area (Å²) in [5, 5.41) is 1.20. The monoisotopic (exact) mass is 370 g/mol. The molecule has 1 aromatic carbocycles. The normalized spacial score (nSPS) is 14.5. The highest BCUT2D eigenvalue weighted by atomic mass is 16.5. The van der Waals surface area contributed by atoms with E-state index in [-0.39, 0.29) is 0 Å². The molecule has 0 aliphatic carbocycles. The van der Waals surface area contributed by atoms with Crippen LogP contribution in [0.3, 0.4) is 0 Å². The zero-order valence-electron chi connectivity index (χ0n) is 15.9. The number of ether oxygens (including phenoxy) is 1. The molecule has 0 radical (unpaired) electrons. The molecule has 3 aromatic heterocycles. The molecule has 5 rings (SSSR count). The Morgan fingerprint density at radius 2 is 1.64 bits per heavy atom. The van der Waals surface area contributed by atoms with E-state index in [0.29, 0.717) is 0 Å². The van der Waals surface area contributed by atoms with Crippen LogP contribution in [0.5, 0.6) is 0 Å². The molecule has 1 fully saturated rings. The Kier molecular flexibility index (Phi) is 4.29. The van der Waals surface area contributed by atoms with E-state index < -0.39 is 0 Å². The quantitative estimate of drug-likeness (QED) is 0.579. The number of morpholine rings is 1. The molecule has 4 aromatic rings. The number of anilines is 1. The van der Waals surface area contributed by atoms with Gasteiger partial charge in [-0.05, 0) is 60.5 Å². The fourth-order valence-electron chi connectivity index (χ4n) is 3.74. The lowest BCUT2D eigenvalue weighted by molar-refractivity contribution is 0.122. The maximum Gasteiger partial charge on any atom is 0.129 e. The van der Waals surface area contributed by atoms with Crippen LogP contribution in [0.2, 0.25) is 0 Å². The van der Waals surface area contributed by atoms with Gasteiger partial charge in [-0.1, -0.05) is 6.07 Å². The van der Waals surface area contributed by atoms with Crippen molar-refractivity contribution in [1.29, 1.82) is 0 Å². The summed E-state index contributed by atoms with van der Waals surface area (Å²) in [7, 11) is 0. The first-order valence-corrected chi connectivity index (χ1v) is 9.61. The summed E-state index contributed by atoms with van der Waals surface area (Å²) in [5.74, 6) is 1.02. The van der Waals surface area contributed by atoms with Gasteiger partial charge in [0.25, 0.3) is 0 Å². The molecule has 1 saturated heterocycles. The molecule has 5 heteroatoms. The van der Waals surface area contributed by atoms with Crippen molar-refractivity contribution in [2.24, 2.45) is 0 Å². The van der Waals surface area contributed by atoms with Gasteiger partial charge in [0.05, 0.1) is 13.2 Å². The third-order valence-electron chi connectivity index (χ3n) is 5.24. The second kappa shape index (κ2) is 7.09. The smallest absolute Gasteiger partial charge is 0.129 e. The van der Waals surface area contributed by atoms with Gasteiger partial charge in [-0.15, -0.1) is 0 Å². The standard InChI is InChI=1S/C23H22N4O/c1-16-12-19(5-6-24-16)22-14-20-13-17(2-3-21(20)26-22)18-4-7-25-23(15-18)27-8-10-28-11-9-27/h2-7,12-15,26H,8-11H2,1H3. The average molecular weight is 370 g/mol. The molecule has 4 heterocycles. The van der Waals surface area contributed by atoms with Crippen LogP contribution < -0.4 is 4.90 Å². The molecule has 0 amide bonds. The molecule has 28 heavy (non-hydrogen) atoms. The summed E-state index contributed by atoms with van der Waals surface area (Å²) in [6.07, 6.45) is 3.75. The maximum atomic E-state index is 5.45. The Morgan fingerprint density at radius 1 is 0.857 bits per heavy atom. The third-order valence-corrected chi connectivity index (χ3v) is 5.24. The second-order valence-corrected chi connectivity index (χ2v) is 7.17. The first-order valence-electron chi connectivity index (χ1n) is 9.61. The molecular formula is C23H22N4O. The van der Waals surface area contributed by atoms with Crippen LogP contribution in [0.1, 0.15) is 5.69 Å². The van der Waals surface area contributed by atoms with Gasteiger partial charge in [-0.2, -0.15) is 0 Å². The van der Waals surface area contributed by atoms with Crippen LogP contribution in [0.15, 0.2) is 60.9 Å². The van der Waals surface area contributed by atoms with Crippen molar-refractivity contribution < 1.29 is 4.74 Å². The summed E-state index contributed by atoms with van der Waals surface area (Å²) in [6.45, 7) is 5.32. The van der Waals surface area contributed by atoms with Crippen LogP contribution in [0, 0.1) is 6.92 Å². The number of pyridine rings is 2. The second-order valence-electron chi connectivity index (χ2n) is 7.17. The van der Waals surface area contributed by atoms with Crippen LogP contribution in [0.4, 0.5) is 5.82 Å². The van der Waals surface area contributed by atoms with Crippen LogP contribution in [-0.4, -0.2) is 41.3 Å². The van der Waals surface area contributed by atoms with Crippen molar-refractivity contribution in [3.05, 3.63) is 66.6 Å². The molecule has 0 bridgehead atoms. The van der Waals surface area contributed by atoms with E-state index >= 15 is 0 Å². The SMILES string of the molecule is Cc1cc(-c2cc3cc(-c4ccnc(N5CCOCC5)c4)ccc3[nH]2)ccn1. The Bertz CT molecular complexity index is 1130. The number of fused-ring (bicyclic) bond motifs is 1. The molecule has 0 unspecified atom stereocenters. The molecular weight excluding hydrogens is 348 g/mol. The third kappa shape index (κ3) is 3.25. The van der Waals surface area contributed by atoms with E-state index in [1.807, 2.05) is 25.4 Å². The molecule has 1 N–H and O–H groups in total. The Hall–Kier alpha value is -3.18. The molecule has 1 aliphatic heterocycles. The number of benzene rings is 1. The summed E-state index contributed by atoms with van der Waals surface area (Å²) in [4.78, 5) is 14.7. The van der Waals surface area contributed by atoms with Gasteiger partial charge in [-0.25, -0.2) is 4.98 Å². The highest BCUT2D eigenvalue weighted by Crippen LogP contribution is 2.30. The van der Waals surface area contributed by atoms with E-state index in [4.69, 9.17) is 4.74 Å². The fourth-order valence-corrected chi connectivity index (χ4v) is 3.74. The number of aromatic amines is 1. The van der Waals surface area contributed by atoms with Gasteiger partial charge in [0.1, 0.15) is 5.82 Å². The molecule has 0 saturated carbocycles. The zero-order valence-corrected chi connectivity index (χ0v) is 15.9. The fraction of sp³-hybridized carbons (Fsp3) is 0.217. The number of hydrogen-bond donors (Lipinski definition) is 1. The lowest BCUT2D eigenvalue weighted by atomic mass is 10.0. The first kappa shape index (κ1) is 17.0. The zero-order chi connectivity index (χ0) is 18.9. The first-order chi connectivity index (χ1) is 13.8. The minimum Gasteiger partial charge on any atom is -0.378 e. The molecule has 0 spiro atoms. The summed E-state index contributed by atoms with van der Waals surface area (Å²) < 4.78 is 5.45. The highest BCUT2D eigenvalue weighted by Gasteiger charge is 2.13. The predicted octanol–water partition coefficient (Wildman–Crippen LogP) is 4.44. The Morgan fingerprint density at radius 3 is 2.50 bits per heavy atom. The van der Waals surface area contributed by atoms with Crippen molar-refractivity contribution in [2.45, 2.75) is 6.92 Å². The number of nitrogens with zero attached hydrogens (tertiary/aromatic N) is 3. The van der Waals surface area contributed by atoms with Crippen LogP contribution in [0.25, 0.3) is 33.3 Å². The summed E-state index contributed by atoms with van der Waals surface area (Å²) in [5.41, 5.74) is 6.80. The Balaban J connectivity index is 1.50. The van der Waals surface area contributed by atoms with Crippen molar-refractivity contribution in [1.82, 2.24) is 15.0 Å². The number of hydrogen-bond acceptors (Lipinski definition) is 4. The van der Waals surface area contributed by atoms with Gasteiger partial charge >= 0.3 is 0 Å².